The molecule has 14 heteroatoms. The quantitative estimate of drug-likeness (QED) is 0.158. The fourth-order valence-electron chi connectivity index (χ4n) is 5.21. The highest BCUT2D eigenvalue weighted by molar-refractivity contribution is 6.35. The Labute approximate surface area is 251 Å². The lowest BCUT2D eigenvalue weighted by molar-refractivity contribution is -0.195. The molecule has 4 N–H and O–H groups in total. The first-order valence-electron chi connectivity index (χ1n) is 13.5. The number of nitrogens with zero attached hydrogens (tertiary/aromatic N) is 4. The molecular formula is C29H31ClF4N8O. The molecule has 1 aliphatic heterocycles. The van der Waals surface area contributed by atoms with Gasteiger partial charge in [0, 0.05) is 53.8 Å². The van der Waals surface area contributed by atoms with Gasteiger partial charge in [0.15, 0.2) is 5.54 Å². The summed E-state index contributed by atoms with van der Waals surface area (Å²) in [7, 11) is 1.62. The Morgan fingerprint density at radius 3 is 2.63 bits per heavy atom. The van der Waals surface area contributed by atoms with Crippen LogP contribution in [0.1, 0.15) is 49.6 Å². The van der Waals surface area contributed by atoms with Gasteiger partial charge in [0.05, 0.1) is 40.1 Å². The van der Waals surface area contributed by atoms with Gasteiger partial charge < -0.3 is 20.8 Å². The first kappa shape index (κ1) is 30.6. The largest absolute Gasteiger partial charge is 0.413 e. The molecule has 3 aromatic rings. The minimum atomic E-state index is -4.44. The van der Waals surface area contributed by atoms with Crippen LogP contribution in [-0.4, -0.2) is 47.0 Å². The summed E-state index contributed by atoms with van der Waals surface area (Å²) >= 11 is 6.68. The van der Waals surface area contributed by atoms with E-state index < -0.39 is 23.7 Å². The number of hydrazine groups is 2. The number of hydrogen-bond donors (Lipinski definition) is 4. The van der Waals surface area contributed by atoms with Crippen molar-refractivity contribution in [2.75, 3.05) is 30.9 Å². The topological polar surface area (TPSA) is 110 Å². The number of nitriles is 1. The van der Waals surface area contributed by atoms with Gasteiger partial charge in [-0.25, -0.2) is 4.98 Å². The summed E-state index contributed by atoms with van der Waals surface area (Å²) in [5, 5.41) is 18.4. The van der Waals surface area contributed by atoms with Gasteiger partial charge in [0.25, 0.3) is 0 Å². The van der Waals surface area contributed by atoms with Crippen LogP contribution >= 0.6 is 11.6 Å². The molecule has 0 bridgehead atoms. The molecule has 3 heterocycles. The molecule has 0 saturated heterocycles. The number of rotatable bonds is 10. The average Bonchev–Trinajstić information content (AvgIpc) is 3.62. The van der Waals surface area contributed by atoms with E-state index in [1.807, 2.05) is 13.8 Å². The van der Waals surface area contributed by atoms with Crippen LogP contribution in [0.3, 0.4) is 0 Å². The molecule has 0 unspecified atom stereocenters. The molecule has 1 saturated carbocycles. The third-order valence-electron chi connectivity index (χ3n) is 7.65. The highest BCUT2D eigenvalue weighted by Gasteiger charge is 2.67. The predicted molar refractivity (Wildman–Crippen MR) is 155 cm³/mol. The highest BCUT2D eigenvalue weighted by atomic mass is 35.5. The van der Waals surface area contributed by atoms with Crippen molar-refractivity contribution in [2.45, 2.75) is 51.4 Å². The maximum Gasteiger partial charge on any atom is 0.413 e. The molecule has 9 nitrogen and oxygen atoms in total. The number of benzene rings is 1. The number of nitrogens with one attached hydrogen (secondary N) is 4. The first-order valence-corrected chi connectivity index (χ1v) is 13.9. The fraction of sp³-hybridized carbons (Fsp3) is 0.414. The van der Waals surface area contributed by atoms with Crippen molar-refractivity contribution in [1.82, 2.24) is 25.9 Å². The highest BCUT2D eigenvalue weighted by Crippen LogP contribution is 2.53. The fourth-order valence-corrected chi connectivity index (χ4v) is 5.48. The normalized spacial score (nSPS) is 16.8. The van der Waals surface area contributed by atoms with Gasteiger partial charge in [-0.15, -0.1) is 5.53 Å². The van der Waals surface area contributed by atoms with E-state index in [4.69, 9.17) is 16.3 Å². The Bertz CT molecular complexity index is 1620. The second kappa shape index (κ2) is 11.3. The molecule has 1 aromatic carbocycles. The number of aromatic nitrogens is 2. The van der Waals surface area contributed by atoms with E-state index in [1.165, 1.54) is 24.5 Å². The standard InChI is InChI=1S/C29H31ClF4N8O/c1-16-19(5-6-23(31)38-16)26(22-13-42(41-40-22)28(7-8-28)29(32,33)34)39-18-9-20-24(37-14-27(2,3)15-43-4)17(11-35)12-36-25(20)21(30)10-18/h5-6,9-10,12-13,26,39-41H,7-8,14-15H2,1-4H3,(H,36,37)/t26-/m0/s1. The van der Waals surface area contributed by atoms with Crippen molar-refractivity contribution in [2.24, 2.45) is 5.41 Å². The Hall–Kier alpha value is -3.86. The molecule has 228 valence electrons. The number of aryl methyl sites for hydroxylation is 1. The summed E-state index contributed by atoms with van der Waals surface area (Å²) in [5.41, 5.74) is 6.24. The number of ether oxygens (including phenoxy) is 1. The summed E-state index contributed by atoms with van der Waals surface area (Å²) in [6, 6.07) is 7.50. The summed E-state index contributed by atoms with van der Waals surface area (Å²) in [6.07, 6.45) is -1.72. The predicted octanol–water partition coefficient (Wildman–Crippen LogP) is 6.10. The second-order valence-corrected chi connectivity index (χ2v) is 12.0. The van der Waals surface area contributed by atoms with E-state index in [0.717, 1.165) is 5.01 Å². The number of halogens is 5. The zero-order valence-corrected chi connectivity index (χ0v) is 24.7. The summed E-state index contributed by atoms with van der Waals surface area (Å²) < 4.78 is 60.9. The molecule has 2 aromatic heterocycles. The Balaban J connectivity index is 1.56. The first-order chi connectivity index (χ1) is 20.3. The minimum absolute atomic E-state index is 0.0460. The van der Waals surface area contributed by atoms with Crippen LogP contribution in [0, 0.1) is 29.6 Å². The lowest BCUT2D eigenvalue weighted by Crippen LogP contribution is -2.52. The van der Waals surface area contributed by atoms with E-state index in [2.05, 4.69) is 37.6 Å². The zero-order chi connectivity index (χ0) is 31.2. The van der Waals surface area contributed by atoms with Crippen molar-refractivity contribution in [3.8, 4) is 6.07 Å². The molecule has 5 rings (SSSR count). The SMILES string of the molecule is COCC(C)(C)CNc1c(C#N)cnc2c(Cl)cc(N[C@H](C3=CN(C4(C(F)(F)F)CC4)NN3)c3ccc(F)nc3C)cc12. The number of methoxy groups -OCH3 is 1. The lowest BCUT2D eigenvalue weighted by atomic mass is 9.94. The van der Waals surface area contributed by atoms with Crippen LogP contribution in [0.25, 0.3) is 10.9 Å². The molecule has 2 aliphatic rings. The molecular weight excluding hydrogens is 588 g/mol. The third-order valence-corrected chi connectivity index (χ3v) is 7.94. The molecule has 0 amide bonds. The van der Waals surface area contributed by atoms with Gasteiger partial charge in [-0.1, -0.05) is 31.5 Å². The number of fused-ring (bicyclic) bond motifs is 1. The smallest absolute Gasteiger partial charge is 0.384 e. The van der Waals surface area contributed by atoms with Crippen molar-refractivity contribution >= 4 is 33.9 Å². The molecule has 1 aliphatic carbocycles. The number of pyridine rings is 2. The van der Waals surface area contributed by atoms with Crippen LogP contribution < -0.4 is 21.6 Å². The summed E-state index contributed by atoms with van der Waals surface area (Å²) in [6.45, 7) is 6.62. The van der Waals surface area contributed by atoms with Crippen molar-refractivity contribution < 1.29 is 22.3 Å². The molecule has 0 radical (unpaired) electrons. The second-order valence-electron chi connectivity index (χ2n) is 11.6. The number of anilines is 2. The number of hydrogen-bond acceptors (Lipinski definition) is 9. The van der Waals surface area contributed by atoms with Crippen LogP contribution in [0.4, 0.5) is 28.9 Å². The van der Waals surface area contributed by atoms with E-state index in [1.54, 1.807) is 26.2 Å². The summed E-state index contributed by atoms with van der Waals surface area (Å²) in [4.78, 5) is 8.32. The van der Waals surface area contributed by atoms with Crippen LogP contribution in [0.5, 0.6) is 0 Å². The van der Waals surface area contributed by atoms with Gasteiger partial charge in [0.1, 0.15) is 6.07 Å². The van der Waals surface area contributed by atoms with Gasteiger partial charge in [-0.2, -0.15) is 22.8 Å². The Morgan fingerprint density at radius 1 is 1.26 bits per heavy atom. The zero-order valence-electron chi connectivity index (χ0n) is 24.0. The maximum absolute atomic E-state index is 13.9. The van der Waals surface area contributed by atoms with Crippen LogP contribution in [0.2, 0.25) is 5.02 Å². The lowest BCUT2D eigenvalue weighted by Gasteiger charge is -2.28. The minimum Gasteiger partial charge on any atom is -0.384 e. The summed E-state index contributed by atoms with van der Waals surface area (Å²) in [5.74, 6) is -0.682. The third kappa shape index (κ3) is 6.00. The Kier molecular flexibility index (Phi) is 8.06. The van der Waals surface area contributed by atoms with Gasteiger partial charge in [0.2, 0.25) is 5.95 Å². The van der Waals surface area contributed by atoms with Gasteiger partial charge in [-0.05, 0) is 38.0 Å². The maximum atomic E-state index is 13.9. The van der Waals surface area contributed by atoms with Crippen molar-refractivity contribution in [3.05, 3.63) is 70.2 Å². The Morgan fingerprint density at radius 2 is 2.00 bits per heavy atom. The molecule has 1 atom stereocenters. The van der Waals surface area contributed by atoms with Crippen molar-refractivity contribution in [1.29, 1.82) is 5.26 Å². The van der Waals surface area contributed by atoms with E-state index in [9.17, 15) is 22.8 Å². The van der Waals surface area contributed by atoms with E-state index in [-0.39, 0.29) is 18.3 Å². The average molecular weight is 619 g/mol. The molecule has 1 fully saturated rings. The van der Waals surface area contributed by atoms with Gasteiger partial charge >= 0.3 is 6.18 Å². The van der Waals surface area contributed by atoms with Gasteiger partial charge in [-0.3, -0.25) is 9.99 Å². The van der Waals surface area contributed by atoms with E-state index in [0.29, 0.717) is 63.0 Å². The van der Waals surface area contributed by atoms with Crippen LogP contribution in [-0.2, 0) is 4.74 Å². The molecule has 0 spiro atoms. The van der Waals surface area contributed by atoms with E-state index >= 15 is 0 Å². The number of alkyl halides is 3. The monoisotopic (exact) mass is 618 g/mol. The molecule has 43 heavy (non-hydrogen) atoms. The van der Waals surface area contributed by atoms with Crippen molar-refractivity contribution in [3.63, 3.8) is 0 Å². The van der Waals surface area contributed by atoms with Crippen LogP contribution in [0.15, 0.2) is 42.4 Å².